The van der Waals surface area contributed by atoms with Crippen molar-refractivity contribution in [3.05, 3.63) is 127 Å². The molecule has 8 heteroatoms. The van der Waals surface area contributed by atoms with Crippen molar-refractivity contribution in [1.29, 1.82) is 0 Å². The Hall–Kier alpha value is -3.94. The summed E-state index contributed by atoms with van der Waals surface area (Å²) < 4.78 is 77.8. The van der Waals surface area contributed by atoms with Crippen LogP contribution in [0.15, 0.2) is 60.9 Å². The van der Waals surface area contributed by atoms with Gasteiger partial charge in [0, 0.05) is 12.4 Å². The zero-order valence-corrected chi connectivity index (χ0v) is 22.7. The number of aromatic nitrogens is 2. The van der Waals surface area contributed by atoms with Gasteiger partial charge >= 0.3 is 12.4 Å². The van der Waals surface area contributed by atoms with Gasteiger partial charge in [0.15, 0.2) is 0 Å². The Morgan fingerprint density at radius 2 is 1.26 bits per heavy atom. The smallest absolute Gasteiger partial charge is 0.252 e. The standard InChI is InChI=1S/C34H28F6N2/c35-33(36,37)31-15-8-21(19-41-31)5-6-23-17-25(10-7-22-9-16-32(42-20-22)34(38,39)40)27-13-14-28-26-4-2-1-3-24(26)11-12-29(28)30(27)18-23/h3,8-9,11-13,15-20H,1-2,4-7,10,14H2. The van der Waals surface area contributed by atoms with Crippen molar-refractivity contribution >= 4 is 12.2 Å². The summed E-state index contributed by atoms with van der Waals surface area (Å²) in [6, 6.07) is 13.7. The van der Waals surface area contributed by atoms with Crippen molar-refractivity contribution < 1.29 is 26.3 Å². The second-order valence-corrected chi connectivity index (χ2v) is 11.0. The van der Waals surface area contributed by atoms with Crippen LogP contribution in [-0.2, 0) is 50.9 Å². The van der Waals surface area contributed by atoms with Gasteiger partial charge in [-0.3, -0.25) is 9.97 Å². The number of nitrogens with zero attached hydrogens (tertiary/aromatic N) is 2. The summed E-state index contributed by atoms with van der Waals surface area (Å²) in [5, 5.41) is 4.78. The first-order chi connectivity index (χ1) is 20.1. The summed E-state index contributed by atoms with van der Waals surface area (Å²) in [5.41, 5.74) is 4.52. The molecule has 0 aliphatic heterocycles. The fourth-order valence-electron chi connectivity index (χ4n) is 6.07. The molecule has 4 aromatic rings. The van der Waals surface area contributed by atoms with Gasteiger partial charge in [0.25, 0.3) is 0 Å². The van der Waals surface area contributed by atoms with Gasteiger partial charge in [-0.1, -0.05) is 48.6 Å². The molecular weight excluding hydrogens is 550 g/mol. The highest BCUT2D eigenvalue weighted by Crippen LogP contribution is 2.28. The van der Waals surface area contributed by atoms with E-state index in [0.717, 1.165) is 70.5 Å². The fraction of sp³-hybridized carbons (Fsp3) is 0.294. The highest BCUT2D eigenvalue weighted by molar-refractivity contribution is 5.49. The van der Waals surface area contributed by atoms with E-state index in [4.69, 9.17) is 0 Å². The predicted molar refractivity (Wildman–Crippen MR) is 149 cm³/mol. The van der Waals surface area contributed by atoms with E-state index in [9.17, 15) is 26.3 Å². The second kappa shape index (κ2) is 11.0. The van der Waals surface area contributed by atoms with E-state index in [2.05, 4.69) is 46.4 Å². The number of hydrogen-bond donors (Lipinski definition) is 0. The molecule has 0 atom stereocenters. The lowest BCUT2D eigenvalue weighted by molar-refractivity contribution is -0.142. The van der Waals surface area contributed by atoms with Gasteiger partial charge in [-0.05, 0) is 118 Å². The Morgan fingerprint density at radius 3 is 1.88 bits per heavy atom. The molecule has 0 bridgehead atoms. The van der Waals surface area contributed by atoms with Crippen LogP contribution in [0.3, 0.4) is 0 Å². The van der Waals surface area contributed by atoms with Crippen molar-refractivity contribution in [3.8, 4) is 0 Å². The van der Waals surface area contributed by atoms with Crippen LogP contribution < -0.4 is 10.4 Å². The number of aryl methyl sites for hydroxylation is 4. The SMILES string of the molecule is FC(F)(F)c1ccc(CCc2cc(CCc3ccc(C(F)(F)F)nc3)c3c(c2)=c2ccc4c(c2CC=3)CCCC=4)cn1. The zero-order valence-electron chi connectivity index (χ0n) is 22.7. The van der Waals surface area contributed by atoms with Crippen LogP contribution in [0, 0.1) is 10.4 Å². The molecule has 2 nitrogen and oxygen atoms in total. The van der Waals surface area contributed by atoms with Crippen molar-refractivity contribution in [3.63, 3.8) is 0 Å². The molecule has 2 aromatic carbocycles. The normalized spacial score (nSPS) is 14.3. The van der Waals surface area contributed by atoms with E-state index in [1.54, 1.807) is 0 Å². The molecule has 2 aromatic heterocycles. The van der Waals surface area contributed by atoms with Gasteiger partial charge in [0.1, 0.15) is 11.4 Å². The van der Waals surface area contributed by atoms with Crippen LogP contribution in [0.5, 0.6) is 0 Å². The summed E-state index contributed by atoms with van der Waals surface area (Å²) >= 11 is 0. The lowest BCUT2D eigenvalue weighted by Gasteiger charge is -2.18. The second-order valence-electron chi connectivity index (χ2n) is 11.0. The third-order valence-corrected chi connectivity index (χ3v) is 8.20. The maximum atomic E-state index is 13.0. The van der Waals surface area contributed by atoms with Crippen LogP contribution in [0.4, 0.5) is 26.3 Å². The predicted octanol–water partition coefficient (Wildman–Crippen LogP) is 6.82. The van der Waals surface area contributed by atoms with E-state index in [0.29, 0.717) is 25.7 Å². The number of pyridine rings is 2. The van der Waals surface area contributed by atoms with Crippen molar-refractivity contribution in [2.45, 2.75) is 63.7 Å². The summed E-state index contributed by atoms with van der Waals surface area (Å²) in [4.78, 5) is 7.21. The van der Waals surface area contributed by atoms with Gasteiger partial charge in [-0.25, -0.2) is 0 Å². The molecular formula is C34H28F6N2. The summed E-state index contributed by atoms with van der Waals surface area (Å²) in [6.45, 7) is 0. The van der Waals surface area contributed by atoms with E-state index < -0.39 is 23.7 Å². The zero-order chi connectivity index (χ0) is 29.5. The molecule has 0 spiro atoms. The first-order valence-corrected chi connectivity index (χ1v) is 14.1. The molecule has 6 rings (SSSR count). The Morgan fingerprint density at radius 1 is 0.619 bits per heavy atom. The fourth-order valence-corrected chi connectivity index (χ4v) is 6.07. The topological polar surface area (TPSA) is 25.8 Å². The monoisotopic (exact) mass is 578 g/mol. The molecule has 0 amide bonds. The van der Waals surface area contributed by atoms with Crippen molar-refractivity contribution in [2.24, 2.45) is 0 Å². The van der Waals surface area contributed by atoms with E-state index in [1.807, 2.05) is 0 Å². The maximum Gasteiger partial charge on any atom is 0.433 e. The number of hydrogen-bond acceptors (Lipinski definition) is 2. The average molecular weight is 579 g/mol. The van der Waals surface area contributed by atoms with E-state index in [1.165, 1.54) is 46.1 Å². The van der Waals surface area contributed by atoms with E-state index in [-0.39, 0.29) is 0 Å². The number of fused-ring (bicyclic) bond motifs is 4. The van der Waals surface area contributed by atoms with E-state index >= 15 is 0 Å². The first-order valence-electron chi connectivity index (χ1n) is 14.1. The molecule has 216 valence electrons. The number of rotatable bonds is 6. The highest BCUT2D eigenvalue weighted by Gasteiger charge is 2.32. The molecule has 2 heterocycles. The lowest BCUT2D eigenvalue weighted by Crippen LogP contribution is -2.22. The average Bonchev–Trinajstić information content (AvgIpc) is 2.98. The minimum atomic E-state index is -4.48. The molecule has 0 fully saturated rings. The van der Waals surface area contributed by atoms with Crippen LogP contribution in [0.25, 0.3) is 12.2 Å². The van der Waals surface area contributed by atoms with Gasteiger partial charge in [0.05, 0.1) is 0 Å². The van der Waals surface area contributed by atoms with Crippen molar-refractivity contribution in [1.82, 2.24) is 9.97 Å². The maximum absolute atomic E-state index is 13.0. The third-order valence-electron chi connectivity index (χ3n) is 8.20. The summed E-state index contributed by atoms with van der Waals surface area (Å²) in [6.07, 6.45) is 4.56. The Kier molecular flexibility index (Phi) is 7.41. The quantitative estimate of drug-likeness (QED) is 0.235. The Balaban J connectivity index is 1.37. The molecule has 2 aliphatic carbocycles. The molecule has 0 unspecified atom stereocenters. The first kappa shape index (κ1) is 28.2. The van der Waals surface area contributed by atoms with Crippen LogP contribution in [0.1, 0.15) is 57.6 Å². The van der Waals surface area contributed by atoms with Crippen molar-refractivity contribution in [2.75, 3.05) is 0 Å². The number of alkyl halides is 6. The van der Waals surface area contributed by atoms with Gasteiger partial charge in [-0.15, -0.1) is 0 Å². The van der Waals surface area contributed by atoms with Crippen LogP contribution in [-0.4, -0.2) is 9.97 Å². The third kappa shape index (κ3) is 5.85. The minimum Gasteiger partial charge on any atom is -0.252 e. The van der Waals surface area contributed by atoms with Gasteiger partial charge in [-0.2, -0.15) is 26.3 Å². The highest BCUT2D eigenvalue weighted by atomic mass is 19.4. The van der Waals surface area contributed by atoms with Gasteiger partial charge < -0.3 is 0 Å². The largest absolute Gasteiger partial charge is 0.433 e. The molecule has 42 heavy (non-hydrogen) atoms. The molecule has 2 aliphatic rings. The molecule has 0 saturated carbocycles. The Labute approximate surface area is 238 Å². The van der Waals surface area contributed by atoms with Crippen LogP contribution in [0.2, 0.25) is 0 Å². The lowest BCUT2D eigenvalue weighted by atomic mass is 9.87. The minimum absolute atomic E-state index is 0.530. The summed E-state index contributed by atoms with van der Waals surface area (Å²) in [5.74, 6) is 0. The van der Waals surface area contributed by atoms with Gasteiger partial charge in [0.2, 0.25) is 0 Å². The molecule has 0 saturated heterocycles. The summed E-state index contributed by atoms with van der Waals surface area (Å²) in [7, 11) is 0. The Bertz CT molecular complexity index is 1840. The molecule has 0 N–H and O–H groups in total. The number of benzene rings is 2. The number of halogens is 6. The van der Waals surface area contributed by atoms with Crippen LogP contribution >= 0.6 is 0 Å². The molecule has 0 radical (unpaired) electrons.